The van der Waals surface area contributed by atoms with Gasteiger partial charge in [0.15, 0.2) is 6.04 Å². The number of hydrogen-bond acceptors (Lipinski definition) is 6. The van der Waals surface area contributed by atoms with Crippen LogP contribution in [0.25, 0.3) is 0 Å². The number of amides is 1. The second kappa shape index (κ2) is 5.57. The molecule has 0 spiro atoms. The summed E-state index contributed by atoms with van der Waals surface area (Å²) in [6.07, 6.45) is 0.759. The minimum Gasteiger partial charge on any atom is -0.467 e. The number of nitrogens with zero attached hydrogens (tertiary/aromatic N) is 2. The second-order valence-corrected chi connectivity index (χ2v) is 6.79. The summed E-state index contributed by atoms with van der Waals surface area (Å²) in [4.78, 5) is 31.7. The number of thiophene rings is 1. The molecular formula is C14H14N2O3S2. The zero-order valence-corrected chi connectivity index (χ0v) is 13.3. The number of carbonyl (C=O) groups excluding carboxylic acids is 2. The fourth-order valence-electron chi connectivity index (χ4n) is 2.51. The summed E-state index contributed by atoms with van der Waals surface area (Å²) in [5.74, 6) is -0.624. The van der Waals surface area contributed by atoms with Gasteiger partial charge >= 0.3 is 5.97 Å². The Labute approximate surface area is 130 Å². The molecule has 1 amide bonds. The normalized spacial score (nSPS) is 17.4. The largest absolute Gasteiger partial charge is 0.467 e. The summed E-state index contributed by atoms with van der Waals surface area (Å²) in [5, 5.41) is 4.51. The van der Waals surface area contributed by atoms with Crippen molar-refractivity contribution in [3.05, 3.63) is 38.0 Å². The molecule has 3 heterocycles. The van der Waals surface area contributed by atoms with Gasteiger partial charge in [-0.15, -0.1) is 22.7 Å². The number of fused-ring (bicyclic) bond motifs is 1. The fourth-order valence-corrected chi connectivity index (χ4v) is 4.00. The molecule has 2 aromatic heterocycles. The van der Waals surface area contributed by atoms with Gasteiger partial charge in [-0.3, -0.25) is 4.79 Å². The number of ether oxygens (including phenoxy) is 1. The van der Waals surface area contributed by atoms with E-state index in [9.17, 15) is 9.59 Å². The third kappa shape index (κ3) is 2.47. The van der Waals surface area contributed by atoms with Gasteiger partial charge in [-0.05, 0) is 30.4 Å². The van der Waals surface area contributed by atoms with Gasteiger partial charge in [-0.2, -0.15) is 0 Å². The molecule has 21 heavy (non-hydrogen) atoms. The van der Waals surface area contributed by atoms with Gasteiger partial charge in [0, 0.05) is 16.8 Å². The average molecular weight is 322 g/mol. The molecule has 1 aliphatic heterocycles. The highest BCUT2D eigenvalue weighted by atomic mass is 32.1. The highest BCUT2D eigenvalue weighted by Gasteiger charge is 2.38. The second-order valence-electron chi connectivity index (χ2n) is 4.73. The molecule has 3 rings (SSSR count). The predicted molar refractivity (Wildman–Crippen MR) is 80.7 cm³/mol. The van der Waals surface area contributed by atoms with Crippen molar-refractivity contribution in [1.29, 1.82) is 0 Å². The molecule has 1 aliphatic rings. The molecule has 0 saturated carbocycles. The first-order valence-corrected chi connectivity index (χ1v) is 8.25. The summed E-state index contributed by atoms with van der Waals surface area (Å²) >= 11 is 3.04. The SMILES string of the molecule is COC(=O)C1c2ccsc2CCN1C(=O)c1csc(C)n1. The summed E-state index contributed by atoms with van der Waals surface area (Å²) in [6, 6.07) is 1.23. The number of methoxy groups -OCH3 is 1. The van der Waals surface area contributed by atoms with Crippen molar-refractivity contribution >= 4 is 34.6 Å². The Kier molecular flexibility index (Phi) is 3.77. The van der Waals surface area contributed by atoms with Crippen LogP contribution in [-0.2, 0) is 16.0 Å². The lowest BCUT2D eigenvalue weighted by molar-refractivity contribution is -0.146. The van der Waals surface area contributed by atoms with Crippen LogP contribution in [0.4, 0.5) is 0 Å². The lowest BCUT2D eigenvalue weighted by Crippen LogP contribution is -2.43. The molecule has 0 radical (unpaired) electrons. The van der Waals surface area contributed by atoms with Crippen molar-refractivity contribution in [3.63, 3.8) is 0 Å². The molecule has 0 aliphatic carbocycles. The van der Waals surface area contributed by atoms with Crippen LogP contribution in [0.1, 0.15) is 32.0 Å². The average Bonchev–Trinajstić information content (AvgIpc) is 3.13. The summed E-state index contributed by atoms with van der Waals surface area (Å²) < 4.78 is 4.89. The Morgan fingerprint density at radius 1 is 1.43 bits per heavy atom. The monoisotopic (exact) mass is 322 g/mol. The van der Waals surface area contributed by atoms with E-state index in [1.165, 1.54) is 18.4 Å². The highest BCUT2D eigenvalue weighted by molar-refractivity contribution is 7.10. The maximum atomic E-state index is 12.6. The van der Waals surface area contributed by atoms with Crippen molar-refractivity contribution in [2.45, 2.75) is 19.4 Å². The third-order valence-electron chi connectivity index (χ3n) is 3.49. The lowest BCUT2D eigenvalue weighted by atomic mass is 9.99. The van der Waals surface area contributed by atoms with E-state index in [-0.39, 0.29) is 5.91 Å². The molecule has 0 fully saturated rings. The summed E-state index contributed by atoms with van der Waals surface area (Å²) in [5.41, 5.74) is 1.27. The summed E-state index contributed by atoms with van der Waals surface area (Å²) in [6.45, 7) is 2.36. The van der Waals surface area contributed by atoms with Crippen LogP contribution in [0.2, 0.25) is 0 Å². The van der Waals surface area contributed by atoms with E-state index in [0.717, 1.165) is 21.9 Å². The van der Waals surface area contributed by atoms with Gasteiger partial charge in [0.1, 0.15) is 5.69 Å². The van der Waals surface area contributed by atoms with Crippen LogP contribution in [-0.4, -0.2) is 35.4 Å². The number of rotatable bonds is 2. The molecule has 0 bridgehead atoms. The van der Waals surface area contributed by atoms with Crippen molar-refractivity contribution in [1.82, 2.24) is 9.88 Å². The third-order valence-corrected chi connectivity index (χ3v) is 5.26. The Bertz CT molecular complexity index is 692. The Hall–Kier alpha value is -1.73. The van der Waals surface area contributed by atoms with E-state index in [2.05, 4.69) is 4.98 Å². The van der Waals surface area contributed by atoms with Gasteiger partial charge < -0.3 is 9.64 Å². The van der Waals surface area contributed by atoms with E-state index in [0.29, 0.717) is 12.2 Å². The fraction of sp³-hybridized carbons (Fsp3) is 0.357. The molecule has 0 N–H and O–H groups in total. The molecular weight excluding hydrogens is 308 g/mol. The van der Waals surface area contributed by atoms with Crippen molar-refractivity contribution in [2.24, 2.45) is 0 Å². The minimum atomic E-state index is -0.667. The number of hydrogen-bond donors (Lipinski definition) is 0. The van der Waals surface area contributed by atoms with E-state index in [1.54, 1.807) is 21.6 Å². The molecule has 1 unspecified atom stereocenters. The van der Waals surface area contributed by atoms with Gasteiger partial charge in [0.2, 0.25) is 0 Å². The molecule has 5 nitrogen and oxygen atoms in total. The first-order valence-electron chi connectivity index (χ1n) is 6.49. The van der Waals surface area contributed by atoms with E-state index >= 15 is 0 Å². The quantitative estimate of drug-likeness (QED) is 0.797. The lowest BCUT2D eigenvalue weighted by Gasteiger charge is -2.33. The molecule has 7 heteroatoms. The van der Waals surface area contributed by atoms with Crippen LogP contribution < -0.4 is 0 Å². The van der Waals surface area contributed by atoms with Crippen LogP contribution >= 0.6 is 22.7 Å². The van der Waals surface area contributed by atoms with Crippen LogP contribution in [0, 0.1) is 6.92 Å². The van der Waals surface area contributed by atoms with Crippen molar-refractivity contribution in [3.8, 4) is 0 Å². The molecule has 2 aromatic rings. The molecule has 0 aromatic carbocycles. The van der Waals surface area contributed by atoms with E-state index in [1.807, 2.05) is 18.4 Å². The van der Waals surface area contributed by atoms with Gasteiger partial charge in [0.25, 0.3) is 5.91 Å². The van der Waals surface area contributed by atoms with Crippen LogP contribution in [0.15, 0.2) is 16.8 Å². The van der Waals surface area contributed by atoms with Crippen molar-refractivity contribution in [2.75, 3.05) is 13.7 Å². The Balaban J connectivity index is 1.97. The topological polar surface area (TPSA) is 59.5 Å². The molecule has 0 saturated heterocycles. The van der Waals surface area contributed by atoms with Gasteiger partial charge in [-0.25, -0.2) is 9.78 Å². The Morgan fingerprint density at radius 3 is 2.90 bits per heavy atom. The van der Waals surface area contributed by atoms with E-state index in [4.69, 9.17) is 4.74 Å². The smallest absolute Gasteiger partial charge is 0.333 e. The molecule has 1 atom stereocenters. The molecule has 110 valence electrons. The zero-order valence-electron chi connectivity index (χ0n) is 11.7. The maximum absolute atomic E-state index is 12.6. The Morgan fingerprint density at radius 2 is 2.24 bits per heavy atom. The van der Waals surface area contributed by atoms with Gasteiger partial charge in [0.05, 0.1) is 12.1 Å². The first-order chi connectivity index (χ1) is 10.1. The number of aryl methyl sites for hydroxylation is 1. The maximum Gasteiger partial charge on any atom is 0.333 e. The van der Waals surface area contributed by atoms with Gasteiger partial charge in [-0.1, -0.05) is 0 Å². The minimum absolute atomic E-state index is 0.216. The number of aromatic nitrogens is 1. The van der Waals surface area contributed by atoms with Crippen LogP contribution in [0.5, 0.6) is 0 Å². The number of esters is 1. The first kappa shape index (κ1) is 14.2. The van der Waals surface area contributed by atoms with E-state index < -0.39 is 12.0 Å². The zero-order chi connectivity index (χ0) is 15.0. The highest BCUT2D eigenvalue weighted by Crippen LogP contribution is 2.35. The van der Waals surface area contributed by atoms with Crippen LogP contribution in [0.3, 0.4) is 0 Å². The standard InChI is InChI=1S/C14H14N2O3S2/c1-8-15-10(7-21-8)13(17)16-5-3-11-9(4-6-20-11)12(16)14(18)19-2/h4,6-7,12H,3,5H2,1-2H3. The van der Waals surface area contributed by atoms with Crippen molar-refractivity contribution < 1.29 is 14.3 Å². The predicted octanol–water partition coefficient (Wildman–Crippen LogP) is 2.43. The number of thiazole rings is 1. The summed E-state index contributed by atoms with van der Waals surface area (Å²) in [7, 11) is 1.35. The number of carbonyl (C=O) groups is 2.